The van der Waals surface area contributed by atoms with Gasteiger partial charge in [0.2, 0.25) is 0 Å². The van der Waals surface area contributed by atoms with Crippen molar-refractivity contribution in [3.05, 3.63) is 0 Å². The van der Waals surface area contributed by atoms with Crippen molar-refractivity contribution in [3.63, 3.8) is 0 Å². The maximum absolute atomic E-state index is 3.78. The smallest absolute Gasteiger partial charge is 0.0202 e. The Morgan fingerprint density at radius 3 is 1.89 bits per heavy atom. The Hall–Kier alpha value is 0.480. The minimum Gasteiger partial charge on any atom is -0.0885 e. The third kappa shape index (κ3) is 0.938. The zero-order valence-corrected chi connectivity index (χ0v) is 7.23. The van der Waals surface area contributed by atoms with Crippen LogP contribution in [-0.4, -0.2) is 4.83 Å². The monoisotopic (exact) mass is 188 g/mol. The number of rotatable bonds is 0. The Morgan fingerprint density at radius 1 is 0.889 bits per heavy atom. The molecule has 0 spiro atoms. The predicted octanol–water partition coefficient (Wildman–Crippen LogP) is 2.96. The number of hydrogen-bond acceptors (Lipinski definition) is 0. The lowest BCUT2D eigenvalue weighted by atomic mass is 9.89. The molecule has 52 valence electrons. The molecule has 2 aliphatic rings. The van der Waals surface area contributed by atoms with E-state index in [1.165, 1.54) is 32.1 Å². The summed E-state index contributed by atoms with van der Waals surface area (Å²) < 4.78 is 0. The molecule has 1 heteroatoms. The molecule has 0 aromatic heterocycles. The van der Waals surface area contributed by atoms with Gasteiger partial charge in [-0.15, -0.1) is 0 Å². The summed E-state index contributed by atoms with van der Waals surface area (Å²) in [5, 5.41) is 0. The normalized spacial score (nSPS) is 49.7. The van der Waals surface area contributed by atoms with Crippen LogP contribution in [0, 0.1) is 11.8 Å². The van der Waals surface area contributed by atoms with E-state index in [-0.39, 0.29) is 0 Å². The Bertz CT molecular complexity index is 95.1. The largest absolute Gasteiger partial charge is 0.0885 e. The minimum atomic E-state index is 0.895. The average Bonchev–Trinajstić information content (AvgIpc) is 2.19. The molecule has 9 heavy (non-hydrogen) atoms. The van der Waals surface area contributed by atoms with E-state index in [9.17, 15) is 0 Å². The van der Waals surface area contributed by atoms with Crippen molar-refractivity contribution in [1.82, 2.24) is 0 Å². The summed E-state index contributed by atoms with van der Waals surface area (Å²) in [6, 6.07) is 0. The van der Waals surface area contributed by atoms with Crippen molar-refractivity contribution in [2.75, 3.05) is 0 Å². The third-order valence-electron chi connectivity index (χ3n) is 2.96. The van der Waals surface area contributed by atoms with Gasteiger partial charge in [-0.1, -0.05) is 22.4 Å². The lowest BCUT2D eigenvalue weighted by molar-refractivity contribution is 0.378. The molecule has 2 aliphatic carbocycles. The summed E-state index contributed by atoms with van der Waals surface area (Å²) in [5.74, 6) is 2.09. The first-order valence-electron chi connectivity index (χ1n) is 4.02. The van der Waals surface area contributed by atoms with Gasteiger partial charge >= 0.3 is 0 Å². The van der Waals surface area contributed by atoms with Gasteiger partial charge in [0.05, 0.1) is 0 Å². The molecule has 0 nitrogen and oxygen atoms in total. The Kier molecular flexibility index (Phi) is 1.56. The average molecular weight is 189 g/mol. The maximum Gasteiger partial charge on any atom is 0.0202 e. The van der Waals surface area contributed by atoms with Crippen LogP contribution >= 0.6 is 15.9 Å². The minimum absolute atomic E-state index is 0.895. The number of hydrogen-bond donors (Lipinski definition) is 0. The third-order valence-corrected chi connectivity index (χ3v) is 4.45. The fourth-order valence-electron chi connectivity index (χ4n) is 2.38. The molecule has 2 fully saturated rings. The summed E-state index contributed by atoms with van der Waals surface area (Å²) in [7, 11) is 0. The first-order chi connectivity index (χ1) is 4.38. The molecular formula is C8H13Br. The van der Waals surface area contributed by atoms with Crippen molar-refractivity contribution in [3.8, 4) is 0 Å². The zero-order chi connectivity index (χ0) is 6.27. The predicted molar refractivity (Wildman–Crippen MR) is 42.8 cm³/mol. The molecule has 2 bridgehead atoms. The van der Waals surface area contributed by atoms with Crippen LogP contribution < -0.4 is 0 Å². The molecule has 0 amide bonds. The van der Waals surface area contributed by atoms with Gasteiger partial charge in [0.15, 0.2) is 0 Å². The van der Waals surface area contributed by atoms with Gasteiger partial charge in [0.1, 0.15) is 0 Å². The first-order valence-corrected chi connectivity index (χ1v) is 4.93. The van der Waals surface area contributed by atoms with Crippen LogP contribution in [0.25, 0.3) is 0 Å². The summed E-state index contributed by atoms with van der Waals surface area (Å²) in [6.07, 6.45) is 7.48. The molecular weight excluding hydrogens is 176 g/mol. The first kappa shape index (κ1) is 6.21. The Labute approximate surface area is 65.1 Å². The topological polar surface area (TPSA) is 0 Å². The van der Waals surface area contributed by atoms with Gasteiger partial charge in [-0.05, 0) is 37.5 Å². The highest BCUT2D eigenvalue weighted by molar-refractivity contribution is 9.09. The fraction of sp³-hybridized carbons (Fsp3) is 1.00. The molecule has 0 aliphatic heterocycles. The van der Waals surface area contributed by atoms with E-state index < -0.39 is 0 Å². The second-order valence-corrected chi connectivity index (χ2v) is 4.53. The highest BCUT2D eigenvalue weighted by Crippen LogP contribution is 2.45. The SMILES string of the molecule is BrC1[C@@H]2CCC[C@H]1CC2. The van der Waals surface area contributed by atoms with Crippen molar-refractivity contribution in [2.24, 2.45) is 11.8 Å². The van der Waals surface area contributed by atoms with Crippen LogP contribution in [0.15, 0.2) is 0 Å². The number of alkyl halides is 1. The molecule has 0 heterocycles. The second kappa shape index (κ2) is 2.26. The molecule has 0 aromatic rings. The molecule has 1 unspecified atom stereocenters. The molecule has 2 saturated carbocycles. The van der Waals surface area contributed by atoms with Crippen LogP contribution in [0.5, 0.6) is 0 Å². The van der Waals surface area contributed by atoms with Crippen molar-refractivity contribution in [1.29, 1.82) is 0 Å². The summed E-state index contributed by atoms with van der Waals surface area (Å²) in [5.41, 5.74) is 0. The quantitative estimate of drug-likeness (QED) is 0.514. The van der Waals surface area contributed by atoms with Gasteiger partial charge in [0.25, 0.3) is 0 Å². The van der Waals surface area contributed by atoms with Crippen LogP contribution in [-0.2, 0) is 0 Å². The van der Waals surface area contributed by atoms with E-state index in [0.717, 1.165) is 16.7 Å². The van der Waals surface area contributed by atoms with Gasteiger partial charge in [-0.3, -0.25) is 0 Å². The number of halogens is 1. The van der Waals surface area contributed by atoms with Crippen LogP contribution in [0.4, 0.5) is 0 Å². The van der Waals surface area contributed by atoms with E-state index >= 15 is 0 Å². The summed E-state index contributed by atoms with van der Waals surface area (Å²) >= 11 is 3.78. The van der Waals surface area contributed by atoms with E-state index in [0.29, 0.717) is 0 Å². The molecule has 0 aromatic carbocycles. The molecule has 0 saturated heterocycles. The van der Waals surface area contributed by atoms with E-state index in [1.807, 2.05) is 0 Å². The lowest BCUT2D eigenvalue weighted by Gasteiger charge is -2.24. The van der Waals surface area contributed by atoms with Gasteiger partial charge < -0.3 is 0 Å². The standard InChI is InChI=1S/C8H13Br/c9-8-6-2-1-3-7(8)5-4-6/h6-8H,1-5H2/t6-,7+,8?. The second-order valence-electron chi connectivity index (χ2n) is 3.47. The van der Waals surface area contributed by atoms with Gasteiger partial charge in [0, 0.05) is 4.83 Å². The molecule has 0 radical (unpaired) electrons. The lowest BCUT2D eigenvalue weighted by Crippen LogP contribution is -2.19. The Balaban J connectivity index is 2.10. The van der Waals surface area contributed by atoms with E-state index in [1.54, 1.807) is 0 Å². The van der Waals surface area contributed by atoms with E-state index in [2.05, 4.69) is 15.9 Å². The molecule has 2 rings (SSSR count). The molecule has 0 N–H and O–H groups in total. The highest BCUT2D eigenvalue weighted by atomic mass is 79.9. The van der Waals surface area contributed by atoms with Gasteiger partial charge in [-0.25, -0.2) is 0 Å². The summed E-state index contributed by atoms with van der Waals surface area (Å²) in [6.45, 7) is 0. The highest BCUT2D eigenvalue weighted by Gasteiger charge is 2.36. The van der Waals surface area contributed by atoms with Crippen LogP contribution in [0.3, 0.4) is 0 Å². The Morgan fingerprint density at radius 2 is 1.44 bits per heavy atom. The zero-order valence-electron chi connectivity index (χ0n) is 5.65. The fourth-order valence-corrected chi connectivity index (χ4v) is 3.44. The van der Waals surface area contributed by atoms with Gasteiger partial charge in [-0.2, -0.15) is 0 Å². The molecule has 3 atom stereocenters. The van der Waals surface area contributed by atoms with Crippen molar-refractivity contribution >= 4 is 15.9 Å². The van der Waals surface area contributed by atoms with Crippen LogP contribution in [0.2, 0.25) is 0 Å². The van der Waals surface area contributed by atoms with Crippen molar-refractivity contribution in [2.45, 2.75) is 36.9 Å². The summed E-state index contributed by atoms with van der Waals surface area (Å²) in [4.78, 5) is 0.895. The maximum atomic E-state index is 3.78. The number of fused-ring (bicyclic) bond motifs is 2. The van der Waals surface area contributed by atoms with E-state index in [4.69, 9.17) is 0 Å². The van der Waals surface area contributed by atoms with Crippen LogP contribution in [0.1, 0.15) is 32.1 Å². The van der Waals surface area contributed by atoms with Crippen molar-refractivity contribution < 1.29 is 0 Å².